The summed E-state index contributed by atoms with van der Waals surface area (Å²) in [7, 11) is 0. The first-order chi connectivity index (χ1) is 38.0. The Balaban J connectivity index is 0.000000231. The molecule has 0 saturated heterocycles. The number of nitrogens with zero attached hydrogens (tertiary/aromatic N) is 4. The van der Waals surface area contributed by atoms with Crippen LogP contribution in [0.2, 0.25) is 0 Å². The maximum Gasteiger partial charge on any atom is 0.407 e. The number of hydrogen-bond acceptors (Lipinski definition) is 8. The van der Waals surface area contributed by atoms with Gasteiger partial charge in [0, 0.05) is 34.4 Å². The van der Waals surface area contributed by atoms with E-state index in [1.807, 2.05) is 191 Å². The molecule has 2 fully saturated rings. The quantitative estimate of drug-likeness (QED) is 0.0810. The molecule has 424 valence electrons. The topological polar surface area (TPSA) is 146 Å². The van der Waals surface area contributed by atoms with E-state index in [2.05, 4.69) is 42.5 Å². The summed E-state index contributed by atoms with van der Waals surface area (Å²) < 4.78 is 14.0. The zero-order valence-corrected chi connectivity index (χ0v) is 51.4. The van der Waals surface area contributed by atoms with Crippen LogP contribution in [0.25, 0.3) is 45.0 Å². The van der Waals surface area contributed by atoms with E-state index in [4.69, 9.17) is 19.7 Å². The Labute approximate surface area is 490 Å². The molecule has 4 aromatic carbocycles. The maximum atomic E-state index is 13.6. The van der Waals surface area contributed by atoms with Crippen LogP contribution in [0.15, 0.2) is 133 Å². The highest BCUT2D eigenvalue weighted by Crippen LogP contribution is 2.34. The first-order valence-electron chi connectivity index (χ1n) is 28.2. The third-order valence-corrected chi connectivity index (χ3v) is 16.2. The number of alkyl carbamates (subject to hydrolysis) is 2. The number of amides is 2. The molecule has 2 heterocycles. The molecule has 2 amide bonds. The van der Waals surface area contributed by atoms with E-state index in [-0.39, 0.29) is 33.6 Å². The van der Waals surface area contributed by atoms with Crippen molar-refractivity contribution >= 4 is 55.9 Å². The van der Waals surface area contributed by atoms with E-state index in [0.29, 0.717) is 11.8 Å². The van der Waals surface area contributed by atoms with Crippen molar-refractivity contribution in [3.05, 3.63) is 156 Å². The molecule has 0 radical (unpaired) electrons. The van der Waals surface area contributed by atoms with Crippen LogP contribution in [0.3, 0.4) is 0 Å². The van der Waals surface area contributed by atoms with Gasteiger partial charge in [-0.15, -0.1) is 0 Å². The van der Waals surface area contributed by atoms with Crippen molar-refractivity contribution in [2.45, 2.75) is 166 Å². The molecule has 14 heteroatoms. The van der Waals surface area contributed by atoms with Gasteiger partial charge < -0.3 is 20.1 Å². The highest BCUT2D eigenvalue weighted by molar-refractivity contribution is 9.09. The van der Waals surface area contributed by atoms with Gasteiger partial charge in [0.05, 0.1) is 44.5 Å². The van der Waals surface area contributed by atoms with Crippen molar-refractivity contribution in [2.75, 3.05) is 0 Å². The number of aryl methyl sites for hydroxylation is 4. The molecule has 2 aromatic heterocycles. The summed E-state index contributed by atoms with van der Waals surface area (Å²) in [4.78, 5) is 52.1. The van der Waals surface area contributed by atoms with Crippen molar-refractivity contribution in [1.29, 1.82) is 0 Å². The molecule has 0 spiro atoms. The lowest BCUT2D eigenvalue weighted by Crippen LogP contribution is -2.47. The molecule has 12 nitrogen and oxygen atoms in total. The van der Waals surface area contributed by atoms with Gasteiger partial charge in [-0.3, -0.25) is 9.59 Å². The number of carbonyl (C=O) groups excluding carboxylic acids is 4. The SMILES string of the molecule is Cc1ccc(-c2cc(-c3ccc(C)cc3)n(C(=O)/C=C/[C@@H](Br)[C@H](NC(=O)OC(C)(C)C)C3CCCCC3)n2)cc1.Cc1ccc(-c2cc(-c3ccc(C)cc3)n(C(=O)/C=C/[C@@H](Br)[C@H](NC(=O)OC(C)(C)C)C3CCCCC3)n2)cc1. The van der Waals surface area contributed by atoms with E-state index in [0.717, 1.165) is 119 Å². The van der Waals surface area contributed by atoms with Gasteiger partial charge in [0.25, 0.3) is 11.8 Å². The van der Waals surface area contributed by atoms with Crippen molar-refractivity contribution in [1.82, 2.24) is 30.2 Å². The van der Waals surface area contributed by atoms with Gasteiger partial charge >= 0.3 is 12.2 Å². The second-order valence-corrected chi connectivity index (χ2v) is 25.7. The molecule has 0 aliphatic heterocycles. The Bertz CT molecular complexity index is 2870. The maximum absolute atomic E-state index is 13.6. The number of rotatable bonds is 14. The zero-order valence-electron chi connectivity index (χ0n) is 48.2. The number of aromatic nitrogens is 4. The summed E-state index contributed by atoms with van der Waals surface area (Å²) in [5.41, 5.74) is 10.1. The molecule has 2 aliphatic carbocycles. The summed E-state index contributed by atoms with van der Waals surface area (Å²) in [5, 5.41) is 15.6. The normalized spacial score (nSPS) is 16.1. The number of hydrogen-bond donors (Lipinski definition) is 2. The molecule has 6 aromatic rings. The third-order valence-electron chi connectivity index (χ3n) is 14.4. The molecular weight excluding hydrogens is 1130 g/mol. The molecule has 0 unspecified atom stereocenters. The molecule has 80 heavy (non-hydrogen) atoms. The highest BCUT2D eigenvalue weighted by Gasteiger charge is 2.33. The van der Waals surface area contributed by atoms with Gasteiger partial charge in [-0.2, -0.15) is 19.6 Å². The average molecular weight is 1210 g/mol. The smallest absolute Gasteiger partial charge is 0.407 e. The summed E-state index contributed by atoms with van der Waals surface area (Å²) in [6.45, 7) is 19.3. The van der Waals surface area contributed by atoms with E-state index >= 15 is 0 Å². The van der Waals surface area contributed by atoms with Gasteiger partial charge in [-0.25, -0.2) is 9.59 Å². The summed E-state index contributed by atoms with van der Waals surface area (Å²) in [5.74, 6) is 0.0915. The number of allylic oxidation sites excluding steroid dienone is 2. The monoisotopic (exact) mass is 1210 g/mol. The number of nitrogens with one attached hydrogen (secondary N) is 2. The lowest BCUT2D eigenvalue weighted by molar-refractivity contribution is 0.0469. The number of benzene rings is 4. The van der Waals surface area contributed by atoms with Gasteiger partial charge in [-0.05, 0) is 119 Å². The minimum atomic E-state index is -0.587. The van der Waals surface area contributed by atoms with Crippen LogP contribution in [-0.4, -0.2) is 76.5 Å². The van der Waals surface area contributed by atoms with E-state index in [1.165, 1.54) is 22.2 Å². The molecule has 4 atom stereocenters. The number of carbonyl (C=O) groups is 4. The predicted octanol–water partition coefficient (Wildman–Crippen LogP) is 16.5. The van der Waals surface area contributed by atoms with Crippen LogP contribution in [-0.2, 0) is 9.47 Å². The molecule has 8 rings (SSSR count). The van der Waals surface area contributed by atoms with E-state index < -0.39 is 23.4 Å². The van der Waals surface area contributed by atoms with Gasteiger partial charge in [0.2, 0.25) is 0 Å². The Morgan fingerprint density at radius 3 is 1.06 bits per heavy atom. The van der Waals surface area contributed by atoms with Crippen molar-refractivity contribution < 1.29 is 28.7 Å². The van der Waals surface area contributed by atoms with Crippen molar-refractivity contribution in [3.8, 4) is 45.0 Å². The van der Waals surface area contributed by atoms with Crippen LogP contribution in [0.5, 0.6) is 0 Å². The highest BCUT2D eigenvalue weighted by atomic mass is 79.9. The minimum absolute atomic E-state index is 0.198. The molecular formula is C66H80Br2N6O6. The lowest BCUT2D eigenvalue weighted by Gasteiger charge is -2.33. The van der Waals surface area contributed by atoms with Crippen molar-refractivity contribution in [2.24, 2.45) is 11.8 Å². The molecule has 2 saturated carbocycles. The predicted molar refractivity (Wildman–Crippen MR) is 330 cm³/mol. The van der Waals surface area contributed by atoms with E-state index in [1.54, 1.807) is 12.2 Å². The Kier molecular flexibility index (Phi) is 21.3. The average Bonchev–Trinajstić information content (AvgIpc) is 4.15. The fourth-order valence-electron chi connectivity index (χ4n) is 10.2. The first-order valence-corrected chi connectivity index (χ1v) is 30.0. The fourth-order valence-corrected chi connectivity index (χ4v) is 11.6. The standard InChI is InChI=1S/2C33H40BrN3O3/c2*1-22-11-15-24(16-12-22)28-21-29(25-17-13-23(2)14-18-25)37(36-28)30(38)20-19-27(34)31(26-9-7-6-8-10-26)35-32(39)40-33(3,4)5/h2*11-21,26-27,31H,6-10H2,1-5H3,(H,35,39)/b2*20-19+/t2*27-,31-/m11/s1. The largest absolute Gasteiger partial charge is 0.444 e. The Morgan fingerprint density at radius 2 is 0.775 bits per heavy atom. The van der Waals surface area contributed by atoms with Crippen LogP contribution >= 0.6 is 31.9 Å². The Hall–Kier alpha value is -6.38. The second kappa shape index (κ2) is 27.9. The first kappa shape index (κ1) is 61.2. The molecule has 0 bridgehead atoms. The van der Waals surface area contributed by atoms with Gasteiger partial charge in [0.1, 0.15) is 11.2 Å². The summed E-state index contributed by atoms with van der Waals surface area (Å²) in [6, 6.07) is 35.9. The molecule has 2 aliphatic rings. The zero-order chi connectivity index (χ0) is 57.7. The van der Waals surface area contributed by atoms with Crippen molar-refractivity contribution in [3.63, 3.8) is 0 Å². The number of alkyl halides is 2. The number of halogens is 2. The van der Waals surface area contributed by atoms with Gasteiger partial charge in [0.15, 0.2) is 0 Å². The van der Waals surface area contributed by atoms with Crippen LogP contribution < -0.4 is 10.6 Å². The minimum Gasteiger partial charge on any atom is -0.444 e. The summed E-state index contributed by atoms with van der Waals surface area (Å²) >= 11 is 7.54. The fraction of sp³-hybridized carbons (Fsp3) is 0.424. The van der Waals surface area contributed by atoms with Gasteiger partial charge in [-0.1, -0.05) is 202 Å². The third kappa shape index (κ3) is 17.8. The lowest BCUT2D eigenvalue weighted by atomic mass is 9.82. The Morgan fingerprint density at radius 1 is 0.487 bits per heavy atom. The van der Waals surface area contributed by atoms with Crippen LogP contribution in [0.1, 0.15) is 138 Å². The summed E-state index contributed by atoms with van der Waals surface area (Å²) in [6.07, 6.45) is 16.9. The van der Waals surface area contributed by atoms with Crippen LogP contribution in [0, 0.1) is 39.5 Å². The number of ether oxygens (including phenoxy) is 2. The van der Waals surface area contributed by atoms with E-state index in [9.17, 15) is 19.2 Å². The second-order valence-electron chi connectivity index (χ2n) is 23.5. The van der Waals surface area contributed by atoms with Crippen LogP contribution in [0.4, 0.5) is 9.59 Å². The molecule has 2 N–H and O–H groups in total.